The van der Waals surface area contributed by atoms with E-state index in [1.807, 2.05) is 48.5 Å². The predicted molar refractivity (Wildman–Crippen MR) is 260 cm³/mol. The third kappa shape index (κ3) is 29.8. The molecule has 0 N–H and O–H groups in total. The number of amides is 1. The molecule has 1 aliphatic rings. The van der Waals surface area contributed by atoms with E-state index in [1.165, 1.54) is 83.5 Å². The molecule has 2 unspecified atom stereocenters. The van der Waals surface area contributed by atoms with Crippen molar-refractivity contribution in [2.45, 2.75) is 274 Å². The average molecular weight is 892 g/mol. The van der Waals surface area contributed by atoms with E-state index in [-0.39, 0.29) is 36.0 Å². The van der Waals surface area contributed by atoms with Gasteiger partial charge >= 0.3 is 24.0 Å². The molecule has 370 valence electrons. The number of nitrogens with zero attached hydrogens (tertiary/aromatic N) is 1. The Morgan fingerprint density at radius 1 is 0.540 bits per heavy atom. The fraction of sp³-hybridized carbons (Fsp3) is 0.926. The molecule has 0 spiro atoms. The number of hydrogen-bond acceptors (Lipinski definition) is 8. The SMILES string of the molecule is CCCCCCCCCOC(=O)C(C)(C)CCCCCC(CCCCCC(C)(C)C(=O)OCC(CCCCC)CCCCCCC)OC(=O)CC1CCN(C(=O)OC(C)(C)C)CC1. The number of hydrogen-bond donors (Lipinski definition) is 0. The molecule has 0 radical (unpaired) electrons. The molecule has 0 saturated carbocycles. The summed E-state index contributed by atoms with van der Waals surface area (Å²) in [5.74, 6) is 0.299. The second-order valence-electron chi connectivity index (χ2n) is 21.6. The van der Waals surface area contributed by atoms with E-state index in [0.29, 0.717) is 38.6 Å². The highest BCUT2D eigenvalue weighted by Crippen LogP contribution is 2.30. The Morgan fingerprint density at radius 2 is 0.968 bits per heavy atom. The summed E-state index contributed by atoms with van der Waals surface area (Å²) in [5, 5.41) is 0. The van der Waals surface area contributed by atoms with E-state index in [2.05, 4.69) is 20.8 Å². The number of carbonyl (C=O) groups excluding carboxylic acids is 4. The summed E-state index contributed by atoms with van der Waals surface area (Å²) in [6.45, 7) is 22.6. The summed E-state index contributed by atoms with van der Waals surface area (Å²) in [4.78, 5) is 53.9. The molecule has 1 rings (SSSR count). The number of likely N-dealkylation sites (tertiary alicyclic amines) is 1. The van der Waals surface area contributed by atoms with Gasteiger partial charge in [0.05, 0.1) is 24.0 Å². The lowest BCUT2D eigenvalue weighted by molar-refractivity contribution is -0.156. The minimum absolute atomic E-state index is 0.0812. The van der Waals surface area contributed by atoms with Crippen molar-refractivity contribution >= 4 is 24.0 Å². The zero-order chi connectivity index (χ0) is 47.0. The van der Waals surface area contributed by atoms with Gasteiger partial charge in [-0.15, -0.1) is 0 Å². The van der Waals surface area contributed by atoms with Gasteiger partial charge in [0, 0.05) is 19.5 Å². The molecular weight excluding hydrogens is 791 g/mol. The van der Waals surface area contributed by atoms with E-state index >= 15 is 0 Å². The van der Waals surface area contributed by atoms with Crippen LogP contribution < -0.4 is 0 Å². The predicted octanol–water partition coefficient (Wildman–Crippen LogP) is 15.3. The number of rotatable bonds is 37. The summed E-state index contributed by atoms with van der Waals surface area (Å²) >= 11 is 0. The van der Waals surface area contributed by atoms with Crippen LogP contribution in [0, 0.1) is 22.7 Å². The van der Waals surface area contributed by atoms with E-state index in [9.17, 15) is 19.2 Å². The first-order chi connectivity index (χ1) is 29.9. The summed E-state index contributed by atoms with van der Waals surface area (Å²) in [7, 11) is 0. The van der Waals surface area contributed by atoms with Crippen molar-refractivity contribution in [3.05, 3.63) is 0 Å². The lowest BCUT2D eigenvalue weighted by atomic mass is 9.86. The van der Waals surface area contributed by atoms with Crippen LogP contribution in [0.1, 0.15) is 262 Å². The maximum Gasteiger partial charge on any atom is 0.410 e. The Labute approximate surface area is 388 Å². The van der Waals surface area contributed by atoms with Gasteiger partial charge in [0.1, 0.15) is 11.7 Å². The fourth-order valence-electron chi connectivity index (χ4n) is 8.65. The van der Waals surface area contributed by atoms with Crippen molar-refractivity contribution in [1.29, 1.82) is 0 Å². The largest absolute Gasteiger partial charge is 0.465 e. The van der Waals surface area contributed by atoms with Gasteiger partial charge in [-0.3, -0.25) is 14.4 Å². The van der Waals surface area contributed by atoms with Crippen molar-refractivity contribution in [2.75, 3.05) is 26.3 Å². The van der Waals surface area contributed by atoms with Crippen LogP contribution in [0.4, 0.5) is 4.79 Å². The first-order valence-corrected chi connectivity index (χ1v) is 26.5. The molecule has 1 aliphatic heterocycles. The summed E-state index contributed by atoms with van der Waals surface area (Å²) in [5.41, 5.74) is -1.59. The molecular formula is C54H101NO8. The first-order valence-electron chi connectivity index (χ1n) is 26.5. The van der Waals surface area contributed by atoms with Crippen molar-refractivity contribution < 1.29 is 38.1 Å². The highest BCUT2D eigenvalue weighted by atomic mass is 16.6. The lowest BCUT2D eigenvalue weighted by Crippen LogP contribution is -2.42. The van der Waals surface area contributed by atoms with Gasteiger partial charge in [-0.25, -0.2) is 4.79 Å². The van der Waals surface area contributed by atoms with E-state index in [0.717, 1.165) is 103 Å². The van der Waals surface area contributed by atoms with Gasteiger partial charge < -0.3 is 23.8 Å². The number of carbonyl (C=O) groups is 4. The number of esters is 3. The van der Waals surface area contributed by atoms with Crippen LogP contribution in [0.2, 0.25) is 0 Å². The smallest absolute Gasteiger partial charge is 0.410 e. The van der Waals surface area contributed by atoms with Crippen LogP contribution in [0.5, 0.6) is 0 Å². The van der Waals surface area contributed by atoms with Crippen molar-refractivity contribution in [2.24, 2.45) is 22.7 Å². The molecule has 2 atom stereocenters. The molecule has 9 heteroatoms. The van der Waals surface area contributed by atoms with E-state index < -0.39 is 16.4 Å². The monoisotopic (exact) mass is 892 g/mol. The van der Waals surface area contributed by atoms with Gasteiger partial charge in [0.2, 0.25) is 0 Å². The Bertz CT molecular complexity index is 1200. The maximum absolute atomic E-state index is 13.4. The van der Waals surface area contributed by atoms with Crippen molar-refractivity contribution in [3.63, 3.8) is 0 Å². The molecule has 63 heavy (non-hydrogen) atoms. The van der Waals surface area contributed by atoms with Gasteiger partial charge in [-0.05, 0) is 131 Å². The van der Waals surface area contributed by atoms with Crippen molar-refractivity contribution in [3.8, 4) is 0 Å². The molecule has 1 amide bonds. The number of piperidine rings is 1. The Kier molecular flexibility index (Phi) is 31.7. The van der Waals surface area contributed by atoms with Gasteiger partial charge in [0.15, 0.2) is 0 Å². The Balaban J connectivity index is 2.66. The molecule has 0 aromatic carbocycles. The molecule has 1 heterocycles. The van der Waals surface area contributed by atoms with Crippen LogP contribution in [0.25, 0.3) is 0 Å². The zero-order valence-corrected chi connectivity index (χ0v) is 43.0. The highest BCUT2D eigenvalue weighted by molar-refractivity contribution is 5.76. The minimum Gasteiger partial charge on any atom is -0.465 e. The fourth-order valence-corrected chi connectivity index (χ4v) is 8.65. The summed E-state index contributed by atoms with van der Waals surface area (Å²) < 4.78 is 23.4. The minimum atomic E-state index is -0.534. The second-order valence-corrected chi connectivity index (χ2v) is 21.6. The Morgan fingerprint density at radius 3 is 1.49 bits per heavy atom. The molecule has 0 aromatic rings. The van der Waals surface area contributed by atoms with Crippen molar-refractivity contribution in [1.82, 2.24) is 4.90 Å². The molecule has 0 bridgehead atoms. The Hall–Kier alpha value is -2.32. The standard InChI is InChI=1S/C54H101NO8/c1-11-14-17-19-20-22-31-42-60-49(57)53(7,8)38-29-23-27-34-47(62-48(56)43-45-36-40-55(41-37-45)51(59)63-52(4,5)6)35-28-24-30-39-54(9,10)50(58)61-44-46(32-25-16-13-3)33-26-21-18-15-12-2/h45-47H,11-44H2,1-10H3. The van der Waals surface area contributed by atoms with Gasteiger partial charge in [0.25, 0.3) is 0 Å². The van der Waals surface area contributed by atoms with Crippen LogP contribution >= 0.6 is 0 Å². The molecule has 9 nitrogen and oxygen atoms in total. The highest BCUT2D eigenvalue weighted by Gasteiger charge is 2.32. The average Bonchev–Trinajstić information content (AvgIpc) is 3.22. The normalized spacial score (nSPS) is 14.9. The summed E-state index contributed by atoms with van der Waals surface area (Å²) in [6.07, 6.45) is 30.8. The first kappa shape index (κ1) is 58.7. The van der Waals surface area contributed by atoms with Crippen LogP contribution in [0.15, 0.2) is 0 Å². The number of ether oxygens (including phenoxy) is 4. The van der Waals surface area contributed by atoms with E-state index in [1.54, 1.807) is 4.90 Å². The van der Waals surface area contributed by atoms with Crippen LogP contribution in [0.3, 0.4) is 0 Å². The summed E-state index contributed by atoms with van der Waals surface area (Å²) in [6, 6.07) is 0. The second kappa shape index (κ2) is 34.1. The molecule has 0 aliphatic carbocycles. The van der Waals surface area contributed by atoms with Crippen LogP contribution in [-0.2, 0) is 33.3 Å². The number of unbranched alkanes of at least 4 members (excludes halogenated alkanes) is 16. The topological polar surface area (TPSA) is 108 Å². The molecule has 0 aromatic heterocycles. The van der Waals surface area contributed by atoms with Gasteiger partial charge in [-0.2, -0.15) is 0 Å². The van der Waals surface area contributed by atoms with Crippen LogP contribution in [-0.4, -0.2) is 66.9 Å². The lowest BCUT2D eigenvalue weighted by Gasteiger charge is -2.33. The molecule has 1 saturated heterocycles. The zero-order valence-electron chi connectivity index (χ0n) is 43.0. The third-order valence-corrected chi connectivity index (χ3v) is 13.1. The third-order valence-electron chi connectivity index (χ3n) is 13.1. The quantitative estimate of drug-likeness (QED) is 0.0345. The maximum atomic E-state index is 13.4. The van der Waals surface area contributed by atoms with E-state index in [4.69, 9.17) is 18.9 Å². The molecule has 1 fully saturated rings. The van der Waals surface area contributed by atoms with Gasteiger partial charge in [-0.1, -0.05) is 136 Å².